The van der Waals surface area contributed by atoms with Crippen molar-refractivity contribution >= 4 is 11.9 Å². The van der Waals surface area contributed by atoms with Gasteiger partial charge in [0, 0.05) is 12.8 Å². The van der Waals surface area contributed by atoms with Crippen LogP contribution < -0.4 is 5.32 Å². The van der Waals surface area contributed by atoms with Gasteiger partial charge in [0.2, 0.25) is 5.91 Å². The lowest BCUT2D eigenvalue weighted by atomic mass is 10.0. The van der Waals surface area contributed by atoms with Crippen LogP contribution in [0.25, 0.3) is 0 Å². The van der Waals surface area contributed by atoms with Crippen molar-refractivity contribution in [2.24, 2.45) is 0 Å². The first-order chi connectivity index (χ1) is 39.0. The Morgan fingerprint density at radius 1 is 0.342 bits per heavy atom. The molecular formula is C73H139NO5. The second-order valence-electron chi connectivity index (χ2n) is 24.6. The summed E-state index contributed by atoms with van der Waals surface area (Å²) in [6.45, 7) is 4.91. The lowest BCUT2D eigenvalue weighted by Gasteiger charge is -2.20. The maximum atomic E-state index is 12.5. The van der Waals surface area contributed by atoms with Gasteiger partial charge in [0.15, 0.2) is 0 Å². The Hall–Kier alpha value is -1.92. The van der Waals surface area contributed by atoms with Gasteiger partial charge in [-0.3, -0.25) is 9.59 Å². The molecule has 0 heterocycles. The number of amides is 1. The maximum Gasteiger partial charge on any atom is 0.305 e. The number of hydrogen-bond acceptors (Lipinski definition) is 5. The standard InChI is InChI=1S/C73H139NO5/c1-3-5-7-9-11-13-15-17-39-43-47-51-55-59-63-67-73(78)79-68-64-60-56-52-48-44-41-38-36-34-32-30-28-26-24-22-20-18-19-21-23-25-27-29-31-33-35-37-40-42-46-50-54-58-62-66-72(77)74-70(69-75)71(76)65-61-57-53-49-45-16-14-12-10-8-6-4-2/h17,20,22,39,61,65,70-71,75-76H,3-16,18-19,21,23-38,40-60,62-64,66-69H2,1-2H3,(H,74,77)/b22-20-,39-17-,65-61+. The van der Waals surface area contributed by atoms with Gasteiger partial charge < -0.3 is 20.3 Å². The first-order valence-corrected chi connectivity index (χ1v) is 35.8. The third-order valence-corrected chi connectivity index (χ3v) is 16.6. The van der Waals surface area contributed by atoms with Crippen LogP contribution in [0.15, 0.2) is 36.5 Å². The quantitative estimate of drug-likeness (QED) is 0.0320. The Bertz CT molecular complexity index is 1280. The number of unbranched alkanes of at least 4 members (excludes halogenated alkanes) is 52. The van der Waals surface area contributed by atoms with E-state index in [2.05, 4.69) is 43.5 Å². The Morgan fingerprint density at radius 3 is 0.899 bits per heavy atom. The van der Waals surface area contributed by atoms with Crippen molar-refractivity contribution < 1.29 is 24.5 Å². The highest BCUT2D eigenvalue weighted by Crippen LogP contribution is 2.18. The second kappa shape index (κ2) is 68.6. The molecular weight excluding hydrogens is 971 g/mol. The zero-order valence-corrected chi connectivity index (χ0v) is 53.4. The van der Waals surface area contributed by atoms with E-state index in [9.17, 15) is 19.8 Å². The molecule has 0 aromatic carbocycles. The predicted molar refractivity (Wildman–Crippen MR) is 347 cm³/mol. The van der Waals surface area contributed by atoms with Crippen LogP contribution >= 0.6 is 0 Å². The van der Waals surface area contributed by atoms with Crippen LogP contribution in [0.5, 0.6) is 0 Å². The van der Waals surface area contributed by atoms with E-state index >= 15 is 0 Å². The third kappa shape index (κ3) is 65.1. The Labute approximate surface area is 494 Å². The zero-order chi connectivity index (χ0) is 57.1. The number of ether oxygens (including phenoxy) is 1. The molecule has 0 rings (SSSR count). The minimum atomic E-state index is -0.841. The molecule has 6 nitrogen and oxygen atoms in total. The minimum Gasteiger partial charge on any atom is -0.466 e. The maximum absolute atomic E-state index is 12.5. The lowest BCUT2D eigenvalue weighted by Crippen LogP contribution is -2.45. The van der Waals surface area contributed by atoms with Gasteiger partial charge in [0.1, 0.15) is 0 Å². The third-order valence-electron chi connectivity index (χ3n) is 16.6. The predicted octanol–water partition coefficient (Wildman–Crippen LogP) is 23.1. The Morgan fingerprint density at radius 2 is 0.595 bits per heavy atom. The number of allylic oxidation sites excluding steroid dienone is 5. The van der Waals surface area contributed by atoms with E-state index in [1.54, 1.807) is 6.08 Å². The number of hydrogen-bond donors (Lipinski definition) is 3. The average Bonchev–Trinajstić information content (AvgIpc) is 3.45. The number of carbonyl (C=O) groups is 2. The van der Waals surface area contributed by atoms with Crippen LogP contribution in [0.3, 0.4) is 0 Å². The highest BCUT2D eigenvalue weighted by Gasteiger charge is 2.18. The summed E-state index contributed by atoms with van der Waals surface area (Å²) < 4.78 is 5.49. The van der Waals surface area contributed by atoms with E-state index in [4.69, 9.17) is 4.74 Å². The van der Waals surface area contributed by atoms with Gasteiger partial charge >= 0.3 is 5.97 Å². The Balaban J connectivity index is 3.33. The van der Waals surface area contributed by atoms with E-state index in [1.807, 2.05) is 6.08 Å². The normalized spacial score (nSPS) is 12.7. The van der Waals surface area contributed by atoms with Crippen LogP contribution in [0.2, 0.25) is 0 Å². The zero-order valence-electron chi connectivity index (χ0n) is 53.4. The average molecular weight is 1110 g/mol. The fraction of sp³-hybridized carbons (Fsp3) is 0.890. The SMILES string of the molecule is CCCCCCCC/C=C\CCCCCCCC(=O)OCCCCCCCCCCCCCCCC/C=C\CCCCCCCCCCCCCCCCCCCC(=O)NC(CO)C(O)/C=C/CCCCCCCCCCCC. The molecule has 0 saturated carbocycles. The molecule has 466 valence electrons. The van der Waals surface area contributed by atoms with Crippen molar-refractivity contribution in [1.29, 1.82) is 0 Å². The summed E-state index contributed by atoms with van der Waals surface area (Å²) in [5, 5.41) is 23.1. The van der Waals surface area contributed by atoms with Gasteiger partial charge in [-0.1, -0.05) is 333 Å². The molecule has 2 atom stereocenters. The van der Waals surface area contributed by atoms with Crippen molar-refractivity contribution in [2.75, 3.05) is 13.2 Å². The molecule has 0 bridgehead atoms. The molecule has 3 N–H and O–H groups in total. The summed E-state index contributed by atoms with van der Waals surface area (Å²) in [4.78, 5) is 24.5. The summed E-state index contributed by atoms with van der Waals surface area (Å²) >= 11 is 0. The largest absolute Gasteiger partial charge is 0.466 e. The molecule has 0 spiro atoms. The molecule has 0 aliphatic heterocycles. The van der Waals surface area contributed by atoms with Gasteiger partial charge in [-0.05, 0) is 83.5 Å². The number of aliphatic hydroxyl groups excluding tert-OH is 2. The number of aliphatic hydroxyl groups is 2. The van der Waals surface area contributed by atoms with Crippen LogP contribution in [0, 0.1) is 0 Å². The lowest BCUT2D eigenvalue weighted by molar-refractivity contribution is -0.143. The van der Waals surface area contributed by atoms with E-state index in [1.165, 1.54) is 321 Å². The van der Waals surface area contributed by atoms with E-state index < -0.39 is 12.1 Å². The molecule has 0 aliphatic carbocycles. The fourth-order valence-corrected chi connectivity index (χ4v) is 11.2. The van der Waals surface area contributed by atoms with Gasteiger partial charge in [0.25, 0.3) is 0 Å². The molecule has 2 unspecified atom stereocenters. The van der Waals surface area contributed by atoms with Gasteiger partial charge in [-0.15, -0.1) is 0 Å². The van der Waals surface area contributed by atoms with E-state index in [0.717, 1.165) is 44.9 Å². The van der Waals surface area contributed by atoms with Crippen molar-refractivity contribution in [2.45, 2.75) is 405 Å². The van der Waals surface area contributed by atoms with Crippen molar-refractivity contribution in [3.8, 4) is 0 Å². The van der Waals surface area contributed by atoms with Gasteiger partial charge in [-0.25, -0.2) is 0 Å². The summed E-state index contributed by atoms with van der Waals surface area (Å²) in [6.07, 6.45) is 88.2. The molecule has 0 aromatic heterocycles. The molecule has 6 heteroatoms. The van der Waals surface area contributed by atoms with Gasteiger partial charge in [0.05, 0.1) is 25.4 Å². The van der Waals surface area contributed by atoms with Crippen molar-refractivity contribution in [3.63, 3.8) is 0 Å². The number of esters is 1. The molecule has 0 fully saturated rings. The molecule has 0 radical (unpaired) electrons. The topological polar surface area (TPSA) is 95.9 Å². The van der Waals surface area contributed by atoms with E-state index in [-0.39, 0.29) is 18.5 Å². The smallest absolute Gasteiger partial charge is 0.305 e. The van der Waals surface area contributed by atoms with Crippen LogP contribution in [0.4, 0.5) is 0 Å². The monoisotopic (exact) mass is 1110 g/mol. The van der Waals surface area contributed by atoms with E-state index in [0.29, 0.717) is 19.4 Å². The Kier molecular flexibility index (Phi) is 66.9. The highest BCUT2D eigenvalue weighted by molar-refractivity contribution is 5.76. The van der Waals surface area contributed by atoms with Crippen LogP contribution in [-0.4, -0.2) is 47.4 Å². The summed E-state index contributed by atoms with van der Waals surface area (Å²) in [7, 11) is 0. The van der Waals surface area contributed by atoms with Crippen molar-refractivity contribution in [3.05, 3.63) is 36.5 Å². The molecule has 1 amide bonds. The number of nitrogens with one attached hydrogen (secondary N) is 1. The molecule has 79 heavy (non-hydrogen) atoms. The van der Waals surface area contributed by atoms with Crippen LogP contribution in [0.1, 0.15) is 393 Å². The minimum absolute atomic E-state index is 0.0123. The fourth-order valence-electron chi connectivity index (χ4n) is 11.2. The first-order valence-electron chi connectivity index (χ1n) is 35.8. The molecule has 0 saturated heterocycles. The molecule has 0 aliphatic rings. The number of carbonyl (C=O) groups excluding carboxylic acids is 2. The number of rotatable bonds is 67. The summed E-state index contributed by atoms with van der Waals surface area (Å²) in [6, 6.07) is -0.624. The first kappa shape index (κ1) is 77.1. The van der Waals surface area contributed by atoms with Crippen molar-refractivity contribution in [1.82, 2.24) is 5.32 Å². The van der Waals surface area contributed by atoms with Gasteiger partial charge in [-0.2, -0.15) is 0 Å². The molecule has 0 aromatic rings. The summed E-state index contributed by atoms with van der Waals surface area (Å²) in [5.41, 5.74) is 0. The highest BCUT2D eigenvalue weighted by atomic mass is 16.5. The van der Waals surface area contributed by atoms with Crippen LogP contribution in [-0.2, 0) is 14.3 Å². The second-order valence-corrected chi connectivity index (χ2v) is 24.6. The summed E-state index contributed by atoms with van der Waals surface area (Å²) in [5.74, 6) is -0.0514.